The van der Waals surface area contributed by atoms with E-state index >= 15 is 0 Å². The van der Waals surface area contributed by atoms with E-state index in [1.165, 1.54) is 32.1 Å². The van der Waals surface area contributed by atoms with Gasteiger partial charge in [-0.1, -0.05) is 32.1 Å². The van der Waals surface area contributed by atoms with Crippen LogP contribution in [0.1, 0.15) is 44.9 Å². The minimum absolute atomic E-state index is 0.105. The molecule has 1 aliphatic carbocycles. The Morgan fingerprint density at radius 3 is 2.54 bits per heavy atom. The molecule has 0 saturated heterocycles. The molecule has 0 heterocycles. The number of carbonyl (C=O) groups excluding carboxylic acids is 1. The van der Waals surface area contributed by atoms with Crippen molar-refractivity contribution in [1.29, 1.82) is 0 Å². The van der Waals surface area contributed by atoms with E-state index < -0.39 is 0 Å². The van der Waals surface area contributed by atoms with Crippen molar-refractivity contribution in [3.05, 3.63) is 0 Å². The lowest BCUT2D eigenvalue weighted by Gasteiger charge is -2.23. The summed E-state index contributed by atoms with van der Waals surface area (Å²) in [6.45, 7) is 0.618. The Morgan fingerprint density at radius 2 is 2.00 bits per heavy atom. The Morgan fingerprint density at radius 1 is 1.31 bits per heavy atom. The standard InChI is InChI=1S/C11H20NO/c12-7-6-11(9-13)8-10-4-2-1-3-5-10/h10-11H,1-8,12H2. The molecule has 1 unspecified atom stereocenters. The van der Waals surface area contributed by atoms with Crippen molar-refractivity contribution >= 4 is 6.29 Å². The second-order valence-electron chi connectivity index (χ2n) is 4.13. The van der Waals surface area contributed by atoms with Crippen LogP contribution in [-0.4, -0.2) is 12.8 Å². The second-order valence-corrected chi connectivity index (χ2v) is 4.13. The van der Waals surface area contributed by atoms with Gasteiger partial charge in [0.15, 0.2) is 0 Å². The van der Waals surface area contributed by atoms with Crippen LogP contribution in [0.2, 0.25) is 0 Å². The minimum atomic E-state index is 0.105. The number of nitrogens with two attached hydrogens (primary N) is 1. The Hall–Kier alpha value is -0.370. The summed E-state index contributed by atoms with van der Waals surface area (Å²) in [7, 11) is 0. The molecule has 2 nitrogen and oxygen atoms in total. The molecule has 1 rings (SSSR count). The van der Waals surface area contributed by atoms with Crippen LogP contribution >= 0.6 is 0 Å². The van der Waals surface area contributed by atoms with Crippen molar-refractivity contribution in [2.75, 3.05) is 6.54 Å². The monoisotopic (exact) mass is 182 g/mol. The number of hydrogen-bond donors (Lipinski definition) is 1. The van der Waals surface area contributed by atoms with E-state index in [2.05, 4.69) is 6.29 Å². The Bertz CT molecular complexity index is 141. The molecule has 2 N–H and O–H groups in total. The van der Waals surface area contributed by atoms with Gasteiger partial charge in [0, 0.05) is 5.92 Å². The molecule has 0 spiro atoms. The van der Waals surface area contributed by atoms with Crippen molar-refractivity contribution in [2.24, 2.45) is 17.6 Å². The lowest BCUT2D eigenvalue weighted by atomic mass is 9.82. The topological polar surface area (TPSA) is 43.1 Å². The molecule has 0 aromatic carbocycles. The molecule has 0 amide bonds. The van der Waals surface area contributed by atoms with Crippen LogP contribution in [-0.2, 0) is 4.79 Å². The van der Waals surface area contributed by atoms with Gasteiger partial charge in [0.2, 0.25) is 6.29 Å². The summed E-state index contributed by atoms with van der Waals surface area (Å²) in [5.41, 5.74) is 5.43. The lowest BCUT2D eigenvalue weighted by molar-refractivity contribution is 0.307. The summed E-state index contributed by atoms with van der Waals surface area (Å²) in [6.07, 6.45) is 10.7. The normalized spacial score (nSPS) is 21.3. The molecule has 2 heteroatoms. The minimum Gasteiger partial charge on any atom is -0.330 e. The number of rotatable bonds is 5. The van der Waals surface area contributed by atoms with E-state index in [0.717, 1.165) is 18.8 Å². The zero-order chi connectivity index (χ0) is 9.52. The van der Waals surface area contributed by atoms with Crippen molar-refractivity contribution < 1.29 is 4.79 Å². The Balaban J connectivity index is 2.22. The smallest absolute Gasteiger partial charge is 0.201 e. The van der Waals surface area contributed by atoms with E-state index in [0.29, 0.717) is 6.54 Å². The average Bonchev–Trinajstić information content (AvgIpc) is 2.19. The van der Waals surface area contributed by atoms with Crippen LogP contribution in [0.5, 0.6) is 0 Å². The highest BCUT2D eigenvalue weighted by Gasteiger charge is 2.18. The van der Waals surface area contributed by atoms with Crippen molar-refractivity contribution in [1.82, 2.24) is 0 Å². The fourth-order valence-corrected chi connectivity index (χ4v) is 2.25. The summed E-state index contributed by atoms with van der Waals surface area (Å²) in [4.78, 5) is 10.6. The predicted octanol–water partition coefficient (Wildman–Crippen LogP) is 2.03. The maximum absolute atomic E-state index is 10.6. The van der Waals surface area contributed by atoms with Gasteiger partial charge >= 0.3 is 0 Å². The van der Waals surface area contributed by atoms with Gasteiger partial charge in [-0.15, -0.1) is 0 Å². The Kier molecular flexibility index (Phi) is 5.06. The third kappa shape index (κ3) is 3.90. The fourth-order valence-electron chi connectivity index (χ4n) is 2.25. The second kappa shape index (κ2) is 6.14. The van der Waals surface area contributed by atoms with Crippen LogP contribution in [0, 0.1) is 11.8 Å². The lowest BCUT2D eigenvalue weighted by Crippen LogP contribution is -2.16. The molecule has 0 aromatic rings. The van der Waals surface area contributed by atoms with Gasteiger partial charge in [-0.3, -0.25) is 4.79 Å². The van der Waals surface area contributed by atoms with E-state index in [4.69, 9.17) is 5.73 Å². The van der Waals surface area contributed by atoms with Gasteiger partial charge in [-0.05, 0) is 25.3 Å². The van der Waals surface area contributed by atoms with Gasteiger partial charge in [0.1, 0.15) is 0 Å². The van der Waals surface area contributed by atoms with Crippen LogP contribution in [0.25, 0.3) is 0 Å². The summed E-state index contributed by atoms with van der Waals surface area (Å²) < 4.78 is 0. The van der Waals surface area contributed by atoms with Crippen molar-refractivity contribution in [3.63, 3.8) is 0 Å². The first-order valence-corrected chi connectivity index (χ1v) is 5.44. The first-order valence-electron chi connectivity index (χ1n) is 5.44. The molecule has 1 radical (unpaired) electrons. The summed E-state index contributed by atoms with van der Waals surface area (Å²) in [5, 5.41) is 0. The molecule has 1 aliphatic rings. The predicted molar refractivity (Wildman–Crippen MR) is 54.0 cm³/mol. The molecule has 1 atom stereocenters. The molecule has 0 aliphatic heterocycles. The van der Waals surface area contributed by atoms with Crippen molar-refractivity contribution in [3.8, 4) is 0 Å². The number of hydrogen-bond acceptors (Lipinski definition) is 2. The van der Waals surface area contributed by atoms with Gasteiger partial charge in [0.25, 0.3) is 0 Å². The highest BCUT2D eigenvalue weighted by Crippen LogP contribution is 2.29. The molecule has 1 saturated carbocycles. The quantitative estimate of drug-likeness (QED) is 0.707. The summed E-state index contributed by atoms with van der Waals surface area (Å²) >= 11 is 0. The molecule has 0 aromatic heterocycles. The van der Waals surface area contributed by atoms with Gasteiger partial charge in [-0.2, -0.15) is 0 Å². The zero-order valence-corrected chi connectivity index (χ0v) is 8.30. The third-order valence-corrected chi connectivity index (χ3v) is 3.02. The fraction of sp³-hybridized carbons (Fsp3) is 0.909. The first-order chi connectivity index (χ1) is 6.36. The van der Waals surface area contributed by atoms with E-state index in [9.17, 15) is 4.79 Å². The molecule has 0 bridgehead atoms. The maximum atomic E-state index is 10.6. The highest BCUT2D eigenvalue weighted by atomic mass is 16.1. The van der Waals surface area contributed by atoms with E-state index in [1.807, 2.05) is 0 Å². The van der Waals surface area contributed by atoms with Gasteiger partial charge in [0.05, 0.1) is 0 Å². The first kappa shape index (κ1) is 10.7. The summed E-state index contributed by atoms with van der Waals surface area (Å²) in [5.74, 6) is 0.875. The Labute approximate surface area is 80.9 Å². The third-order valence-electron chi connectivity index (χ3n) is 3.02. The molecule has 1 fully saturated rings. The maximum Gasteiger partial charge on any atom is 0.201 e. The molecular weight excluding hydrogens is 162 g/mol. The zero-order valence-electron chi connectivity index (χ0n) is 8.30. The SMILES string of the molecule is NCCC([C]=O)CC1CCCCC1. The van der Waals surface area contributed by atoms with Gasteiger partial charge < -0.3 is 5.73 Å². The average molecular weight is 182 g/mol. The van der Waals surface area contributed by atoms with E-state index in [-0.39, 0.29) is 5.92 Å². The summed E-state index contributed by atoms with van der Waals surface area (Å²) in [6, 6.07) is 0. The van der Waals surface area contributed by atoms with Crippen LogP contribution in [0.4, 0.5) is 0 Å². The molecular formula is C11H20NO. The molecule has 75 valence electrons. The highest BCUT2D eigenvalue weighted by molar-refractivity contribution is 5.54. The van der Waals surface area contributed by atoms with E-state index in [1.54, 1.807) is 0 Å². The van der Waals surface area contributed by atoms with Crippen LogP contribution in [0.15, 0.2) is 0 Å². The van der Waals surface area contributed by atoms with Crippen molar-refractivity contribution in [2.45, 2.75) is 44.9 Å². The van der Waals surface area contributed by atoms with Gasteiger partial charge in [-0.25, -0.2) is 0 Å². The largest absolute Gasteiger partial charge is 0.330 e. The van der Waals surface area contributed by atoms with Crippen LogP contribution < -0.4 is 5.73 Å². The molecule has 13 heavy (non-hydrogen) atoms. The van der Waals surface area contributed by atoms with Crippen LogP contribution in [0.3, 0.4) is 0 Å².